The second-order valence-electron chi connectivity index (χ2n) is 8.66. The number of carbonyl (C=O) groups excluding carboxylic acids is 2. The van der Waals surface area contributed by atoms with Crippen molar-refractivity contribution in [3.05, 3.63) is 58.3 Å². The van der Waals surface area contributed by atoms with E-state index < -0.39 is 17.4 Å². The monoisotopic (exact) mass is 467 g/mol. The van der Waals surface area contributed by atoms with Crippen molar-refractivity contribution >= 4 is 22.7 Å². The zero-order valence-electron chi connectivity index (χ0n) is 19.6. The van der Waals surface area contributed by atoms with Crippen molar-refractivity contribution in [2.24, 2.45) is 5.92 Å². The van der Waals surface area contributed by atoms with Crippen LogP contribution < -0.4 is 25.5 Å². The molecule has 0 aliphatic carbocycles. The quantitative estimate of drug-likeness (QED) is 0.501. The zero-order chi connectivity index (χ0) is 24.2. The Balaban J connectivity index is 1.56. The van der Waals surface area contributed by atoms with Crippen LogP contribution in [0.15, 0.2) is 45.9 Å². The second-order valence-corrected chi connectivity index (χ2v) is 8.66. The Morgan fingerprint density at radius 3 is 2.62 bits per heavy atom. The molecule has 0 fully saturated rings. The van der Waals surface area contributed by atoms with Gasteiger partial charge in [-0.05, 0) is 37.5 Å². The fraction of sp³-hybridized carbons (Fsp3) is 0.400. The molecule has 0 spiro atoms. The van der Waals surface area contributed by atoms with Crippen molar-refractivity contribution in [2.45, 2.75) is 46.2 Å². The third-order valence-electron chi connectivity index (χ3n) is 5.74. The number of nitrogens with one attached hydrogen (secondary N) is 2. The molecule has 2 aromatic heterocycles. The molecule has 0 saturated carbocycles. The molecular formula is C25H29N3O6. The molecule has 0 saturated heterocycles. The molecule has 2 N–H and O–H groups in total. The molecular weight excluding hydrogens is 438 g/mol. The van der Waals surface area contributed by atoms with E-state index in [9.17, 15) is 14.4 Å². The van der Waals surface area contributed by atoms with Crippen LogP contribution in [0.25, 0.3) is 10.9 Å². The van der Waals surface area contributed by atoms with Gasteiger partial charge in [0.25, 0.3) is 5.91 Å². The minimum Gasteiger partial charge on any atom is -0.469 e. The summed E-state index contributed by atoms with van der Waals surface area (Å²) in [4.78, 5) is 39.3. The Kier molecular flexibility index (Phi) is 6.90. The number of aromatic nitrogens is 1. The third-order valence-corrected chi connectivity index (χ3v) is 5.74. The lowest BCUT2D eigenvalue weighted by Gasteiger charge is -2.20. The maximum Gasteiger partial charge on any atom is 0.257 e. The number of fused-ring (bicyclic) bond motifs is 2. The largest absolute Gasteiger partial charge is 0.469 e. The van der Waals surface area contributed by atoms with Crippen molar-refractivity contribution in [3.8, 4) is 11.5 Å². The lowest BCUT2D eigenvalue weighted by Crippen LogP contribution is -2.48. The molecule has 1 unspecified atom stereocenters. The molecule has 3 aromatic rings. The highest BCUT2D eigenvalue weighted by atomic mass is 16.7. The number of benzene rings is 1. The van der Waals surface area contributed by atoms with Gasteiger partial charge in [-0.15, -0.1) is 0 Å². The van der Waals surface area contributed by atoms with Gasteiger partial charge in [-0.3, -0.25) is 14.4 Å². The fourth-order valence-electron chi connectivity index (χ4n) is 4.03. The number of ether oxygens (including phenoxy) is 2. The molecule has 4 rings (SSSR count). The van der Waals surface area contributed by atoms with Crippen molar-refractivity contribution in [1.29, 1.82) is 0 Å². The summed E-state index contributed by atoms with van der Waals surface area (Å²) in [5.74, 6) is 1.08. The maximum absolute atomic E-state index is 13.2. The van der Waals surface area contributed by atoms with Gasteiger partial charge in [0.2, 0.25) is 18.1 Å². The summed E-state index contributed by atoms with van der Waals surface area (Å²) >= 11 is 0. The van der Waals surface area contributed by atoms with E-state index in [1.807, 2.05) is 31.4 Å². The topological polar surface area (TPSA) is 112 Å². The van der Waals surface area contributed by atoms with Gasteiger partial charge in [0.1, 0.15) is 17.4 Å². The van der Waals surface area contributed by atoms with E-state index in [-0.39, 0.29) is 24.2 Å². The number of carbonyl (C=O) groups is 2. The number of hydrogen-bond donors (Lipinski definition) is 2. The minimum absolute atomic E-state index is 0.0228. The lowest BCUT2D eigenvalue weighted by molar-refractivity contribution is -0.123. The van der Waals surface area contributed by atoms with Crippen LogP contribution in [-0.2, 0) is 17.8 Å². The van der Waals surface area contributed by atoms with Crippen LogP contribution in [0.5, 0.6) is 11.5 Å². The first-order valence-electron chi connectivity index (χ1n) is 11.4. The maximum atomic E-state index is 13.2. The Bertz CT molecular complexity index is 1250. The summed E-state index contributed by atoms with van der Waals surface area (Å²) in [7, 11) is 0. The smallest absolute Gasteiger partial charge is 0.257 e. The van der Waals surface area contributed by atoms with E-state index in [1.54, 1.807) is 24.5 Å². The molecule has 0 radical (unpaired) electrons. The Morgan fingerprint density at radius 2 is 1.94 bits per heavy atom. The van der Waals surface area contributed by atoms with Gasteiger partial charge in [-0.25, -0.2) is 0 Å². The molecule has 34 heavy (non-hydrogen) atoms. The van der Waals surface area contributed by atoms with Gasteiger partial charge in [0.05, 0.1) is 17.2 Å². The van der Waals surface area contributed by atoms with Gasteiger partial charge in [0.15, 0.2) is 11.5 Å². The van der Waals surface area contributed by atoms with Crippen LogP contribution in [-0.4, -0.2) is 35.8 Å². The predicted molar refractivity (Wildman–Crippen MR) is 126 cm³/mol. The number of pyridine rings is 1. The van der Waals surface area contributed by atoms with E-state index in [4.69, 9.17) is 13.9 Å². The summed E-state index contributed by atoms with van der Waals surface area (Å²) in [6.07, 6.45) is 4.10. The normalized spacial score (nSPS) is 13.3. The van der Waals surface area contributed by atoms with Crippen molar-refractivity contribution in [3.63, 3.8) is 0 Å². The van der Waals surface area contributed by atoms with Crippen LogP contribution >= 0.6 is 0 Å². The van der Waals surface area contributed by atoms with Crippen molar-refractivity contribution in [2.75, 3.05) is 13.3 Å². The number of nitrogens with zero attached hydrogens (tertiary/aromatic N) is 1. The second kappa shape index (κ2) is 10.0. The van der Waals surface area contributed by atoms with Crippen LogP contribution in [0.4, 0.5) is 0 Å². The minimum atomic E-state index is -0.772. The first kappa shape index (κ1) is 23.4. The van der Waals surface area contributed by atoms with Crippen LogP contribution in [0.1, 0.15) is 43.3 Å². The molecule has 9 heteroatoms. The third kappa shape index (κ3) is 4.93. The summed E-state index contributed by atoms with van der Waals surface area (Å²) < 4.78 is 17.9. The van der Waals surface area contributed by atoms with E-state index >= 15 is 0 Å². The first-order valence-corrected chi connectivity index (χ1v) is 11.4. The van der Waals surface area contributed by atoms with Gasteiger partial charge >= 0.3 is 0 Å². The highest BCUT2D eigenvalue weighted by molar-refractivity contribution is 6.00. The van der Waals surface area contributed by atoms with Gasteiger partial charge in [-0.2, -0.15) is 0 Å². The summed E-state index contributed by atoms with van der Waals surface area (Å²) in [5.41, 5.74) is 0.213. The zero-order valence-corrected chi connectivity index (χ0v) is 19.6. The number of rotatable bonds is 9. The SMILES string of the molecule is CCn1cc(C(=O)NC(CC(C)C)C(=O)NCCc2ccco2)c(=O)c2cc3c(cc21)OCO3. The van der Waals surface area contributed by atoms with E-state index in [2.05, 4.69) is 10.6 Å². The first-order chi connectivity index (χ1) is 16.4. The molecule has 180 valence electrons. The number of furan rings is 1. The van der Waals surface area contributed by atoms with Crippen molar-refractivity contribution in [1.82, 2.24) is 15.2 Å². The summed E-state index contributed by atoms with van der Waals surface area (Å²) in [5, 5.41) is 5.99. The molecule has 3 heterocycles. The van der Waals surface area contributed by atoms with Gasteiger partial charge in [-0.1, -0.05) is 13.8 Å². The van der Waals surface area contributed by atoms with Gasteiger partial charge in [0, 0.05) is 31.8 Å². The average Bonchev–Trinajstić information content (AvgIpc) is 3.49. The Hall–Kier alpha value is -3.75. The van der Waals surface area contributed by atoms with Crippen LogP contribution in [0, 0.1) is 5.92 Å². The highest BCUT2D eigenvalue weighted by Gasteiger charge is 2.25. The fourth-order valence-corrected chi connectivity index (χ4v) is 4.03. The van der Waals surface area contributed by atoms with E-state index in [0.717, 1.165) is 5.76 Å². The Morgan fingerprint density at radius 1 is 1.18 bits per heavy atom. The van der Waals surface area contributed by atoms with Crippen LogP contribution in [0.3, 0.4) is 0 Å². The molecule has 1 atom stereocenters. The Labute approximate surface area is 197 Å². The summed E-state index contributed by atoms with van der Waals surface area (Å²) in [6, 6.07) is 6.21. The summed E-state index contributed by atoms with van der Waals surface area (Å²) in [6.45, 7) is 6.87. The molecule has 1 aromatic carbocycles. The van der Waals surface area contributed by atoms with E-state index in [1.165, 1.54) is 6.20 Å². The molecule has 2 amide bonds. The number of aryl methyl sites for hydroxylation is 1. The van der Waals surface area contributed by atoms with Gasteiger partial charge < -0.3 is 29.1 Å². The average molecular weight is 468 g/mol. The van der Waals surface area contributed by atoms with Crippen molar-refractivity contribution < 1.29 is 23.5 Å². The lowest BCUT2D eigenvalue weighted by atomic mass is 10.0. The van der Waals surface area contributed by atoms with Crippen LogP contribution in [0.2, 0.25) is 0 Å². The standard InChI is InChI=1S/C25H29N3O6/c1-4-28-13-18(23(29)17-11-21-22(12-20(17)28)34-14-33-21)24(30)27-19(10-15(2)3)25(31)26-8-7-16-6-5-9-32-16/h5-6,9,11-13,15,19H,4,7-8,10,14H2,1-3H3,(H,26,31)(H,27,30). The number of amides is 2. The molecule has 1 aliphatic rings. The number of hydrogen-bond acceptors (Lipinski definition) is 6. The van der Waals surface area contributed by atoms with E-state index in [0.29, 0.717) is 48.3 Å². The highest BCUT2D eigenvalue weighted by Crippen LogP contribution is 2.35. The molecule has 9 nitrogen and oxygen atoms in total. The molecule has 0 bridgehead atoms. The predicted octanol–water partition coefficient (Wildman–Crippen LogP) is 2.85. The molecule has 1 aliphatic heterocycles.